The smallest absolute Gasteiger partial charge is 0.343 e. The number of halogens is 1. The van der Waals surface area contributed by atoms with Gasteiger partial charge in [-0.25, -0.2) is 9.18 Å². The molecule has 1 saturated heterocycles. The number of hydrogen-bond acceptors (Lipinski definition) is 5. The van der Waals surface area contributed by atoms with E-state index in [0.29, 0.717) is 24.3 Å². The Kier molecular flexibility index (Phi) is 4.63. The maximum atomic E-state index is 14.6. The Hall–Kier alpha value is -2.61. The molecule has 1 aliphatic heterocycles. The van der Waals surface area contributed by atoms with Crippen LogP contribution in [0.1, 0.15) is 17.3 Å². The molecule has 1 aliphatic rings. The number of rotatable bonds is 4. The lowest BCUT2D eigenvalue weighted by Crippen LogP contribution is -2.46. The third-order valence-electron chi connectivity index (χ3n) is 4.69. The topological polar surface area (TPSA) is 88.7 Å². The van der Waals surface area contributed by atoms with E-state index in [0.717, 1.165) is 25.7 Å². The largest absolute Gasteiger partial charge is 0.477 e. The summed E-state index contributed by atoms with van der Waals surface area (Å²) in [5, 5.41) is 12.0. The van der Waals surface area contributed by atoms with E-state index in [1.807, 2.05) is 4.90 Å². The predicted molar refractivity (Wildman–Crippen MR) is 95.4 cm³/mol. The molecule has 0 radical (unpaired) electrons. The van der Waals surface area contributed by atoms with Crippen LogP contribution in [0.25, 0.3) is 10.9 Å². The molecule has 0 atom stereocenters. The van der Waals surface area contributed by atoms with E-state index in [1.165, 1.54) is 7.05 Å². The molecular formula is C17H21FN4O3. The van der Waals surface area contributed by atoms with E-state index in [9.17, 15) is 19.1 Å². The highest BCUT2D eigenvalue weighted by molar-refractivity contribution is 5.98. The van der Waals surface area contributed by atoms with Crippen molar-refractivity contribution in [2.45, 2.75) is 6.92 Å². The molecule has 0 saturated carbocycles. The van der Waals surface area contributed by atoms with Crippen molar-refractivity contribution in [2.24, 2.45) is 0 Å². The van der Waals surface area contributed by atoms with Gasteiger partial charge in [0.1, 0.15) is 17.2 Å². The molecule has 3 N–H and O–H groups in total. The summed E-state index contributed by atoms with van der Waals surface area (Å²) in [6, 6.07) is 2.71. The van der Waals surface area contributed by atoms with Gasteiger partial charge in [-0.15, -0.1) is 0 Å². The SMILES string of the molecule is CCN1CCN(c2cc3[nH]c(NC)c(C(=O)O)c(=O)c3cc2F)CC1. The molecule has 2 heterocycles. The second-order valence-electron chi connectivity index (χ2n) is 6.03. The minimum Gasteiger partial charge on any atom is -0.477 e. The molecule has 134 valence electrons. The molecule has 1 aromatic carbocycles. The average molecular weight is 348 g/mol. The second-order valence-corrected chi connectivity index (χ2v) is 6.03. The Morgan fingerprint density at radius 2 is 2.00 bits per heavy atom. The lowest BCUT2D eigenvalue weighted by molar-refractivity contribution is 0.0696. The first-order valence-corrected chi connectivity index (χ1v) is 8.24. The van der Waals surface area contributed by atoms with Crippen LogP contribution in [0.5, 0.6) is 0 Å². The van der Waals surface area contributed by atoms with Crippen LogP contribution in [0.3, 0.4) is 0 Å². The molecule has 0 spiro atoms. The molecule has 0 aliphatic carbocycles. The van der Waals surface area contributed by atoms with Crippen molar-refractivity contribution >= 4 is 28.4 Å². The number of H-pyrrole nitrogens is 1. The lowest BCUT2D eigenvalue weighted by atomic mass is 10.1. The number of carboxylic acid groups (broad SMARTS) is 1. The van der Waals surface area contributed by atoms with Gasteiger partial charge in [0.25, 0.3) is 0 Å². The average Bonchev–Trinajstić information content (AvgIpc) is 2.61. The maximum Gasteiger partial charge on any atom is 0.343 e. The van der Waals surface area contributed by atoms with Crippen LogP contribution in [0.4, 0.5) is 15.9 Å². The van der Waals surface area contributed by atoms with Crippen LogP contribution in [0.2, 0.25) is 0 Å². The van der Waals surface area contributed by atoms with E-state index in [4.69, 9.17) is 0 Å². The highest BCUT2D eigenvalue weighted by Crippen LogP contribution is 2.26. The van der Waals surface area contributed by atoms with E-state index in [-0.39, 0.29) is 11.2 Å². The number of aromatic nitrogens is 1. The van der Waals surface area contributed by atoms with E-state index >= 15 is 0 Å². The minimum absolute atomic E-state index is 0.0323. The number of pyridine rings is 1. The molecule has 0 amide bonds. The summed E-state index contributed by atoms with van der Waals surface area (Å²) in [5.74, 6) is -1.76. The number of piperazine rings is 1. The number of aromatic amines is 1. The van der Waals surface area contributed by atoms with Crippen molar-refractivity contribution in [1.29, 1.82) is 0 Å². The Balaban J connectivity index is 2.09. The van der Waals surface area contributed by atoms with Crippen molar-refractivity contribution in [3.05, 3.63) is 33.7 Å². The van der Waals surface area contributed by atoms with Crippen molar-refractivity contribution < 1.29 is 14.3 Å². The number of hydrogen-bond donors (Lipinski definition) is 3. The van der Waals surface area contributed by atoms with Crippen LogP contribution >= 0.6 is 0 Å². The number of fused-ring (bicyclic) bond motifs is 1. The summed E-state index contributed by atoms with van der Waals surface area (Å²) in [7, 11) is 1.53. The van der Waals surface area contributed by atoms with Crippen LogP contribution in [0.15, 0.2) is 16.9 Å². The summed E-state index contributed by atoms with van der Waals surface area (Å²) in [6.45, 7) is 6.16. The van der Waals surface area contributed by atoms with Crippen LogP contribution < -0.4 is 15.6 Å². The van der Waals surface area contributed by atoms with Gasteiger partial charge in [-0.05, 0) is 18.7 Å². The van der Waals surface area contributed by atoms with Crippen molar-refractivity contribution in [3.8, 4) is 0 Å². The number of likely N-dealkylation sites (N-methyl/N-ethyl adjacent to an activating group) is 1. The van der Waals surface area contributed by atoms with Gasteiger partial charge in [0.05, 0.1) is 11.2 Å². The summed E-state index contributed by atoms with van der Waals surface area (Å²) in [5.41, 5.74) is -0.289. The Bertz CT molecular complexity index is 872. The molecule has 2 aromatic rings. The predicted octanol–water partition coefficient (Wildman–Crippen LogP) is 1.55. The Morgan fingerprint density at radius 3 is 2.56 bits per heavy atom. The number of benzene rings is 1. The molecular weight excluding hydrogens is 327 g/mol. The number of anilines is 2. The standard InChI is InChI=1S/C17H21FN4O3/c1-3-21-4-6-22(7-5-21)13-9-12-10(8-11(13)18)15(23)14(17(24)25)16(19-2)20-12/h8-9H,3-7H2,1-2H3,(H,24,25)(H2,19,20,23). The summed E-state index contributed by atoms with van der Waals surface area (Å²) in [6.07, 6.45) is 0. The normalized spacial score (nSPS) is 15.6. The first kappa shape index (κ1) is 17.2. The number of carbonyl (C=O) groups is 1. The third-order valence-corrected chi connectivity index (χ3v) is 4.69. The zero-order valence-corrected chi connectivity index (χ0v) is 14.2. The van der Waals surface area contributed by atoms with Crippen LogP contribution in [-0.4, -0.2) is 60.7 Å². The minimum atomic E-state index is -1.35. The Labute approximate surface area is 144 Å². The van der Waals surface area contributed by atoms with E-state index < -0.39 is 22.8 Å². The van der Waals surface area contributed by atoms with Gasteiger partial charge in [-0.3, -0.25) is 4.79 Å². The van der Waals surface area contributed by atoms with Gasteiger partial charge in [0.15, 0.2) is 0 Å². The fourth-order valence-electron chi connectivity index (χ4n) is 3.24. The first-order chi connectivity index (χ1) is 12.0. The summed E-state index contributed by atoms with van der Waals surface area (Å²) < 4.78 is 14.6. The molecule has 8 heteroatoms. The maximum absolute atomic E-state index is 14.6. The number of nitrogens with one attached hydrogen (secondary N) is 2. The zero-order valence-electron chi connectivity index (χ0n) is 14.2. The number of nitrogens with zero attached hydrogens (tertiary/aromatic N) is 2. The van der Waals surface area contributed by atoms with Gasteiger partial charge in [-0.2, -0.15) is 0 Å². The van der Waals surface area contributed by atoms with E-state index in [2.05, 4.69) is 22.1 Å². The van der Waals surface area contributed by atoms with Gasteiger partial charge in [-0.1, -0.05) is 6.92 Å². The molecule has 0 unspecified atom stereocenters. The van der Waals surface area contributed by atoms with Gasteiger partial charge < -0.3 is 25.2 Å². The van der Waals surface area contributed by atoms with Gasteiger partial charge >= 0.3 is 5.97 Å². The van der Waals surface area contributed by atoms with E-state index in [1.54, 1.807) is 6.07 Å². The van der Waals surface area contributed by atoms with Crippen molar-refractivity contribution in [2.75, 3.05) is 50.0 Å². The molecule has 7 nitrogen and oxygen atoms in total. The monoisotopic (exact) mass is 348 g/mol. The third kappa shape index (κ3) is 3.05. The van der Waals surface area contributed by atoms with Crippen molar-refractivity contribution in [3.63, 3.8) is 0 Å². The summed E-state index contributed by atoms with van der Waals surface area (Å²) >= 11 is 0. The molecule has 1 fully saturated rings. The molecule has 3 rings (SSSR count). The van der Waals surface area contributed by atoms with Gasteiger partial charge in [0.2, 0.25) is 5.43 Å². The van der Waals surface area contributed by atoms with Gasteiger partial charge in [0, 0.05) is 38.6 Å². The number of aromatic carboxylic acids is 1. The highest BCUT2D eigenvalue weighted by Gasteiger charge is 2.22. The van der Waals surface area contributed by atoms with Crippen LogP contribution in [-0.2, 0) is 0 Å². The molecule has 1 aromatic heterocycles. The first-order valence-electron chi connectivity index (χ1n) is 8.24. The Morgan fingerprint density at radius 1 is 1.32 bits per heavy atom. The molecule has 25 heavy (non-hydrogen) atoms. The van der Waals surface area contributed by atoms with Crippen LogP contribution in [0, 0.1) is 5.82 Å². The number of carboxylic acids is 1. The highest BCUT2D eigenvalue weighted by atomic mass is 19.1. The second kappa shape index (κ2) is 6.72. The fourth-order valence-corrected chi connectivity index (χ4v) is 3.24. The fraction of sp³-hybridized carbons (Fsp3) is 0.412. The van der Waals surface area contributed by atoms with Crippen molar-refractivity contribution in [1.82, 2.24) is 9.88 Å². The lowest BCUT2D eigenvalue weighted by Gasteiger charge is -2.35. The quantitative estimate of drug-likeness (QED) is 0.777. The zero-order chi connectivity index (χ0) is 18.1. The molecule has 0 bridgehead atoms. The summed E-state index contributed by atoms with van der Waals surface area (Å²) in [4.78, 5) is 30.9.